The second-order valence-corrected chi connectivity index (χ2v) is 4.35. The maximum absolute atomic E-state index is 11.4. The zero-order valence-electron chi connectivity index (χ0n) is 9.71. The summed E-state index contributed by atoms with van der Waals surface area (Å²) in [5.74, 6) is 0.855. The standard InChI is InChI=1S/C11H22N2O2/c1-9(8-15-2)13-11(14)7-12-6-10-4-3-5-10/h9-10,12H,3-8H2,1-2H3,(H,13,14). The molecule has 0 bridgehead atoms. The predicted octanol–water partition coefficient (Wildman–Crippen LogP) is 0.527. The summed E-state index contributed by atoms with van der Waals surface area (Å²) in [4.78, 5) is 11.4. The van der Waals surface area contributed by atoms with Gasteiger partial charge in [0.15, 0.2) is 0 Å². The molecule has 0 aromatic heterocycles. The summed E-state index contributed by atoms with van der Waals surface area (Å²) in [7, 11) is 1.64. The van der Waals surface area contributed by atoms with E-state index in [1.165, 1.54) is 19.3 Å². The minimum absolute atomic E-state index is 0.0545. The molecule has 1 unspecified atom stereocenters. The maximum atomic E-state index is 11.4. The number of hydrogen-bond donors (Lipinski definition) is 2. The van der Waals surface area contributed by atoms with Gasteiger partial charge in [-0.1, -0.05) is 6.42 Å². The second kappa shape index (κ2) is 6.80. The Labute approximate surface area is 91.8 Å². The van der Waals surface area contributed by atoms with Gasteiger partial charge in [0, 0.05) is 13.2 Å². The third-order valence-electron chi connectivity index (χ3n) is 2.77. The quantitative estimate of drug-likeness (QED) is 0.650. The van der Waals surface area contributed by atoms with Gasteiger partial charge in [-0.15, -0.1) is 0 Å². The molecule has 4 nitrogen and oxygen atoms in total. The molecule has 4 heteroatoms. The summed E-state index contributed by atoms with van der Waals surface area (Å²) < 4.78 is 4.94. The fraction of sp³-hybridized carbons (Fsp3) is 0.909. The number of rotatable bonds is 7. The Morgan fingerprint density at radius 1 is 1.53 bits per heavy atom. The largest absolute Gasteiger partial charge is 0.383 e. The van der Waals surface area contributed by atoms with Crippen LogP contribution in [0.1, 0.15) is 26.2 Å². The molecule has 0 saturated heterocycles. The molecule has 1 atom stereocenters. The van der Waals surface area contributed by atoms with Gasteiger partial charge in [-0.2, -0.15) is 0 Å². The summed E-state index contributed by atoms with van der Waals surface area (Å²) >= 11 is 0. The van der Waals surface area contributed by atoms with Crippen molar-refractivity contribution in [2.24, 2.45) is 5.92 Å². The molecule has 15 heavy (non-hydrogen) atoms. The van der Waals surface area contributed by atoms with Crippen LogP contribution < -0.4 is 10.6 Å². The fourth-order valence-corrected chi connectivity index (χ4v) is 1.70. The highest BCUT2D eigenvalue weighted by Gasteiger charge is 2.16. The van der Waals surface area contributed by atoms with Gasteiger partial charge in [0.25, 0.3) is 0 Å². The number of carbonyl (C=O) groups is 1. The van der Waals surface area contributed by atoms with E-state index in [1.54, 1.807) is 7.11 Å². The first-order chi connectivity index (χ1) is 7.22. The molecule has 0 spiro atoms. The molecule has 0 heterocycles. The van der Waals surface area contributed by atoms with Crippen LogP contribution in [0.5, 0.6) is 0 Å². The highest BCUT2D eigenvalue weighted by molar-refractivity contribution is 5.78. The average Bonchev–Trinajstić information content (AvgIpc) is 2.09. The summed E-state index contributed by atoms with van der Waals surface area (Å²) in [6, 6.07) is 0.0907. The third-order valence-corrected chi connectivity index (χ3v) is 2.77. The molecule has 0 aliphatic heterocycles. The first kappa shape index (κ1) is 12.5. The van der Waals surface area contributed by atoms with Gasteiger partial charge in [0.1, 0.15) is 0 Å². The Balaban J connectivity index is 1.97. The lowest BCUT2D eigenvalue weighted by Gasteiger charge is -2.25. The minimum Gasteiger partial charge on any atom is -0.383 e. The first-order valence-electron chi connectivity index (χ1n) is 5.71. The third kappa shape index (κ3) is 5.14. The Morgan fingerprint density at radius 3 is 2.80 bits per heavy atom. The number of carbonyl (C=O) groups excluding carboxylic acids is 1. The van der Waals surface area contributed by atoms with Crippen molar-refractivity contribution >= 4 is 5.91 Å². The van der Waals surface area contributed by atoms with E-state index in [0.717, 1.165) is 12.5 Å². The van der Waals surface area contributed by atoms with Gasteiger partial charge >= 0.3 is 0 Å². The first-order valence-corrected chi connectivity index (χ1v) is 5.71. The van der Waals surface area contributed by atoms with Crippen molar-refractivity contribution in [2.45, 2.75) is 32.2 Å². The Hall–Kier alpha value is -0.610. The van der Waals surface area contributed by atoms with Crippen molar-refractivity contribution in [3.8, 4) is 0 Å². The molecule has 0 aromatic carbocycles. The highest BCUT2D eigenvalue weighted by Crippen LogP contribution is 2.24. The van der Waals surface area contributed by atoms with Gasteiger partial charge < -0.3 is 15.4 Å². The van der Waals surface area contributed by atoms with Gasteiger partial charge in [-0.25, -0.2) is 0 Å². The molecular formula is C11H22N2O2. The zero-order chi connectivity index (χ0) is 11.1. The van der Waals surface area contributed by atoms with Crippen LogP contribution in [0.4, 0.5) is 0 Å². The van der Waals surface area contributed by atoms with Crippen LogP contribution in [0, 0.1) is 5.92 Å². The number of methoxy groups -OCH3 is 1. The second-order valence-electron chi connectivity index (χ2n) is 4.35. The van der Waals surface area contributed by atoms with Crippen molar-refractivity contribution in [3.05, 3.63) is 0 Å². The summed E-state index contributed by atoms with van der Waals surface area (Å²) in [6.07, 6.45) is 3.98. The van der Waals surface area contributed by atoms with E-state index in [0.29, 0.717) is 13.2 Å². The van der Waals surface area contributed by atoms with Gasteiger partial charge in [-0.3, -0.25) is 4.79 Å². The van der Waals surface area contributed by atoms with Crippen molar-refractivity contribution in [1.82, 2.24) is 10.6 Å². The van der Waals surface area contributed by atoms with Crippen LogP contribution in [0.15, 0.2) is 0 Å². The Kier molecular flexibility index (Phi) is 5.65. The maximum Gasteiger partial charge on any atom is 0.234 e. The molecule has 88 valence electrons. The zero-order valence-corrected chi connectivity index (χ0v) is 9.71. The molecule has 1 rings (SSSR count). The van der Waals surface area contributed by atoms with Crippen molar-refractivity contribution in [2.75, 3.05) is 26.8 Å². The van der Waals surface area contributed by atoms with Crippen LogP contribution in [0.2, 0.25) is 0 Å². The lowest BCUT2D eigenvalue weighted by Crippen LogP contribution is -2.42. The molecule has 2 N–H and O–H groups in total. The van der Waals surface area contributed by atoms with Crippen molar-refractivity contribution in [3.63, 3.8) is 0 Å². The Bertz CT molecular complexity index is 193. The SMILES string of the molecule is COCC(C)NC(=O)CNCC1CCC1. The van der Waals surface area contributed by atoms with Crippen molar-refractivity contribution in [1.29, 1.82) is 0 Å². The fourth-order valence-electron chi connectivity index (χ4n) is 1.70. The summed E-state index contributed by atoms with van der Waals surface area (Å²) in [5, 5.41) is 6.05. The van der Waals surface area contributed by atoms with Crippen LogP contribution in [-0.2, 0) is 9.53 Å². The van der Waals surface area contributed by atoms with Gasteiger partial charge in [0.05, 0.1) is 13.2 Å². The van der Waals surface area contributed by atoms with E-state index in [1.807, 2.05) is 6.92 Å². The van der Waals surface area contributed by atoms with Crippen LogP contribution in [0.25, 0.3) is 0 Å². The molecule has 0 radical (unpaired) electrons. The monoisotopic (exact) mass is 214 g/mol. The molecule has 1 fully saturated rings. The lowest BCUT2D eigenvalue weighted by atomic mass is 9.85. The molecule has 1 aliphatic rings. The number of ether oxygens (including phenoxy) is 1. The molecule has 1 saturated carbocycles. The number of hydrogen-bond acceptors (Lipinski definition) is 3. The molecule has 1 aliphatic carbocycles. The molecular weight excluding hydrogens is 192 g/mol. The molecule has 0 aromatic rings. The summed E-state index contributed by atoms with van der Waals surface area (Å²) in [6.45, 7) is 3.90. The minimum atomic E-state index is 0.0545. The van der Waals surface area contributed by atoms with Crippen LogP contribution >= 0.6 is 0 Å². The normalized spacial score (nSPS) is 18.3. The highest BCUT2D eigenvalue weighted by atomic mass is 16.5. The van der Waals surface area contributed by atoms with Crippen LogP contribution in [-0.4, -0.2) is 38.8 Å². The smallest absolute Gasteiger partial charge is 0.234 e. The van der Waals surface area contributed by atoms with Gasteiger partial charge in [-0.05, 0) is 32.2 Å². The predicted molar refractivity (Wildman–Crippen MR) is 59.7 cm³/mol. The summed E-state index contributed by atoms with van der Waals surface area (Å²) in [5.41, 5.74) is 0. The van der Waals surface area contributed by atoms with Crippen molar-refractivity contribution < 1.29 is 9.53 Å². The Morgan fingerprint density at radius 2 is 2.27 bits per heavy atom. The molecule has 1 amide bonds. The van der Waals surface area contributed by atoms with E-state index >= 15 is 0 Å². The number of amides is 1. The van der Waals surface area contributed by atoms with E-state index < -0.39 is 0 Å². The van der Waals surface area contributed by atoms with Gasteiger partial charge in [0.2, 0.25) is 5.91 Å². The number of nitrogens with one attached hydrogen (secondary N) is 2. The van der Waals surface area contributed by atoms with Crippen LogP contribution in [0.3, 0.4) is 0 Å². The average molecular weight is 214 g/mol. The lowest BCUT2D eigenvalue weighted by molar-refractivity contribution is -0.121. The van der Waals surface area contributed by atoms with E-state index in [-0.39, 0.29) is 11.9 Å². The van der Waals surface area contributed by atoms with E-state index in [9.17, 15) is 4.79 Å². The van der Waals surface area contributed by atoms with E-state index in [2.05, 4.69) is 10.6 Å². The topological polar surface area (TPSA) is 50.4 Å². The van der Waals surface area contributed by atoms with E-state index in [4.69, 9.17) is 4.74 Å².